The van der Waals surface area contributed by atoms with Crippen LogP contribution in [0.3, 0.4) is 0 Å². The summed E-state index contributed by atoms with van der Waals surface area (Å²) in [7, 11) is 0. The molecule has 0 aromatic rings. The highest BCUT2D eigenvalue weighted by atomic mass is 16.5. The van der Waals surface area contributed by atoms with Crippen molar-refractivity contribution in [1.82, 2.24) is 0 Å². The van der Waals surface area contributed by atoms with E-state index in [0.717, 1.165) is 51.4 Å². The normalized spacial score (nSPS) is 12.1. The first kappa shape index (κ1) is 24.9. The molecule has 1 N–H and O–H groups in total. The number of rotatable bonds is 19. The van der Waals surface area contributed by atoms with Crippen LogP contribution in [0.2, 0.25) is 0 Å². The number of hydrogen-bond donors (Lipinski definition) is 1. The van der Waals surface area contributed by atoms with Crippen molar-refractivity contribution in [3.05, 3.63) is 0 Å². The molecule has 26 heavy (non-hydrogen) atoms. The van der Waals surface area contributed by atoms with Gasteiger partial charge in [-0.2, -0.15) is 0 Å². The van der Waals surface area contributed by atoms with Crippen molar-refractivity contribution in [2.45, 2.75) is 129 Å². The molecule has 0 saturated carbocycles. The zero-order chi connectivity index (χ0) is 19.5. The molecule has 0 saturated heterocycles. The largest absolute Gasteiger partial charge is 0.481 e. The van der Waals surface area contributed by atoms with E-state index in [1.807, 2.05) is 0 Å². The van der Waals surface area contributed by atoms with Crippen molar-refractivity contribution in [3.8, 4) is 0 Å². The third kappa shape index (κ3) is 19.3. The van der Waals surface area contributed by atoms with E-state index in [1.54, 1.807) is 0 Å². The second-order valence-electron chi connectivity index (χ2n) is 7.55. The maximum Gasteiger partial charge on any atom is 0.303 e. The van der Waals surface area contributed by atoms with Crippen LogP contribution in [0.25, 0.3) is 0 Å². The molecule has 1 atom stereocenters. The Morgan fingerprint density at radius 2 is 1.15 bits per heavy atom. The van der Waals surface area contributed by atoms with Crippen molar-refractivity contribution in [2.24, 2.45) is 0 Å². The number of ether oxygens (including phenoxy) is 1. The average molecular weight is 371 g/mol. The molecule has 4 nitrogen and oxygen atoms in total. The van der Waals surface area contributed by atoms with Crippen LogP contribution in [-0.2, 0) is 14.3 Å². The summed E-state index contributed by atoms with van der Waals surface area (Å²) in [4.78, 5) is 21.7. The number of carbonyl (C=O) groups is 2. The molecule has 0 amide bonds. The lowest BCUT2D eigenvalue weighted by molar-refractivity contribution is -0.147. The zero-order valence-electron chi connectivity index (χ0n) is 17.3. The molecule has 0 fully saturated rings. The van der Waals surface area contributed by atoms with E-state index in [1.165, 1.54) is 58.3 Å². The van der Waals surface area contributed by atoms with Crippen LogP contribution in [0.1, 0.15) is 123 Å². The fourth-order valence-corrected chi connectivity index (χ4v) is 3.36. The van der Waals surface area contributed by atoms with Gasteiger partial charge in [-0.05, 0) is 32.1 Å². The molecule has 0 aliphatic heterocycles. The number of hydrogen-bond acceptors (Lipinski definition) is 3. The topological polar surface area (TPSA) is 63.6 Å². The van der Waals surface area contributed by atoms with Gasteiger partial charge in [0.05, 0.1) is 0 Å². The number of aliphatic carboxylic acids is 1. The molecule has 0 aliphatic rings. The second kappa shape index (κ2) is 18.7. The van der Waals surface area contributed by atoms with Crippen molar-refractivity contribution in [1.29, 1.82) is 0 Å². The van der Waals surface area contributed by atoms with Crippen molar-refractivity contribution in [2.75, 3.05) is 0 Å². The van der Waals surface area contributed by atoms with E-state index >= 15 is 0 Å². The molecule has 0 aromatic carbocycles. The van der Waals surface area contributed by atoms with Crippen LogP contribution in [-0.4, -0.2) is 23.1 Å². The minimum Gasteiger partial charge on any atom is -0.481 e. The summed E-state index contributed by atoms with van der Waals surface area (Å²) in [5, 5.41) is 8.61. The fourth-order valence-electron chi connectivity index (χ4n) is 3.36. The number of carboxylic acid groups (broad SMARTS) is 1. The van der Waals surface area contributed by atoms with Gasteiger partial charge >= 0.3 is 11.9 Å². The van der Waals surface area contributed by atoms with E-state index in [-0.39, 0.29) is 18.5 Å². The van der Waals surface area contributed by atoms with Crippen LogP contribution >= 0.6 is 0 Å². The third-order valence-corrected chi connectivity index (χ3v) is 4.88. The molecule has 4 heteroatoms. The smallest absolute Gasteiger partial charge is 0.303 e. The first-order chi connectivity index (χ1) is 12.6. The molecule has 0 rings (SSSR count). The van der Waals surface area contributed by atoms with E-state index in [2.05, 4.69) is 6.92 Å². The van der Waals surface area contributed by atoms with Crippen LogP contribution < -0.4 is 0 Å². The van der Waals surface area contributed by atoms with Crippen LogP contribution in [0, 0.1) is 0 Å². The molecule has 0 aromatic heterocycles. The van der Waals surface area contributed by atoms with E-state index in [0.29, 0.717) is 0 Å². The van der Waals surface area contributed by atoms with E-state index in [9.17, 15) is 9.59 Å². The highest BCUT2D eigenvalue weighted by Crippen LogP contribution is 2.17. The second-order valence-corrected chi connectivity index (χ2v) is 7.55. The predicted octanol–water partition coefficient (Wildman–Crippen LogP) is 6.65. The molecule has 0 bridgehead atoms. The van der Waals surface area contributed by atoms with E-state index < -0.39 is 5.97 Å². The Bertz CT molecular complexity index is 341. The predicted molar refractivity (Wildman–Crippen MR) is 107 cm³/mol. The van der Waals surface area contributed by atoms with Gasteiger partial charge < -0.3 is 9.84 Å². The van der Waals surface area contributed by atoms with Gasteiger partial charge in [0.25, 0.3) is 0 Å². The van der Waals surface area contributed by atoms with Gasteiger partial charge in [0.2, 0.25) is 0 Å². The Kier molecular flexibility index (Phi) is 18.0. The van der Waals surface area contributed by atoms with Gasteiger partial charge in [-0.25, -0.2) is 0 Å². The van der Waals surface area contributed by atoms with Crippen molar-refractivity contribution >= 4 is 11.9 Å². The molecular formula is C22H42O4. The number of carbonyl (C=O) groups excluding carboxylic acids is 1. The summed E-state index contributed by atoms with van der Waals surface area (Å²) in [6.45, 7) is 3.74. The van der Waals surface area contributed by atoms with Crippen LogP contribution in [0.15, 0.2) is 0 Å². The lowest BCUT2D eigenvalue weighted by Gasteiger charge is -2.17. The SMILES string of the molecule is CCCCCCCCCCCC(CCCCCCCC(=O)O)OC(C)=O. The Labute approximate surface area is 161 Å². The zero-order valence-corrected chi connectivity index (χ0v) is 17.3. The number of unbranched alkanes of at least 4 members (excludes halogenated alkanes) is 12. The summed E-state index contributed by atoms with van der Waals surface area (Å²) < 4.78 is 5.46. The number of carboxylic acids is 1. The monoisotopic (exact) mass is 370 g/mol. The lowest BCUT2D eigenvalue weighted by Crippen LogP contribution is -2.16. The molecule has 1 unspecified atom stereocenters. The van der Waals surface area contributed by atoms with Crippen LogP contribution in [0.4, 0.5) is 0 Å². The molecule has 154 valence electrons. The first-order valence-electron chi connectivity index (χ1n) is 10.9. The highest BCUT2D eigenvalue weighted by molar-refractivity contribution is 5.66. The maximum atomic E-state index is 11.3. The summed E-state index contributed by atoms with van der Waals surface area (Å²) in [6, 6.07) is 0. The molecular weight excluding hydrogens is 328 g/mol. The Morgan fingerprint density at radius 1 is 0.731 bits per heavy atom. The molecule has 0 spiro atoms. The molecule has 0 radical (unpaired) electrons. The standard InChI is InChI=1S/C22H42O4/c1-3-4-5-6-7-8-9-11-14-17-21(26-20(2)23)18-15-12-10-13-16-19-22(24)25/h21H,3-19H2,1-2H3,(H,24,25). The minimum atomic E-state index is -0.708. The summed E-state index contributed by atoms with van der Waals surface area (Å²) in [6.07, 6.45) is 19.0. The fraction of sp³-hybridized carbons (Fsp3) is 0.909. The lowest BCUT2D eigenvalue weighted by atomic mass is 10.0. The maximum absolute atomic E-state index is 11.3. The average Bonchev–Trinajstić information content (AvgIpc) is 2.58. The Morgan fingerprint density at radius 3 is 1.58 bits per heavy atom. The van der Waals surface area contributed by atoms with Gasteiger partial charge in [0.1, 0.15) is 6.10 Å². The Balaban J connectivity index is 3.63. The van der Waals surface area contributed by atoms with Gasteiger partial charge in [0, 0.05) is 13.3 Å². The quantitative estimate of drug-likeness (QED) is 0.204. The van der Waals surface area contributed by atoms with Gasteiger partial charge in [-0.1, -0.05) is 77.6 Å². The van der Waals surface area contributed by atoms with Crippen molar-refractivity contribution in [3.63, 3.8) is 0 Å². The summed E-state index contributed by atoms with van der Waals surface area (Å²) >= 11 is 0. The van der Waals surface area contributed by atoms with E-state index in [4.69, 9.17) is 9.84 Å². The van der Waals surface area contributed by atoms with Gasteiger partial charge in [-0.15, -0.1) is 0 Å². The summed E-state index contributed by atoms with van der Waals surface area (Å²) in [5.74, 6) is -0.881. The van der Waals surface area contributed by atoms with Crippen LogP contribution in [0.5, 0.6) is 0 Å². The minimum absolute atomic E-state index is 0.0658. The first-order valence-corrected chi connectivity index (χ1v) is 10.9. The molecule has 0 aliphatic carbocycles. The van der Waals surface area contributed by atoms with Crippen molar-refractivity contribution < 1.29 is 19.4 Å². The van der Waals surface area contributed by atoms with Gasteiger partial charge in [0.15, 0.2) is 0 Å². The number of esters is 1. The summed E-state index contributed by atoms with van der Waals surface area (Å²) in [5.41, 5.74) is 0. The third-order valence-electron chi connectivity index (χ3n) is 4.88. The van der Waals surface area contributed by atoms with Gasteiger partial charge in [-0.3, -0.25) is 9.59 Å². The highest BCUT2D eigenvalue weighted by Gasteiger charge is 2.11. The Hall–Kier alpha value is -1.06. The molecule has 0 heterocycles.